The largest absolute Gasteiger partial charge is 0.456 e. The average Bonchev–Trinajstić information content (AvgIpc) is 3.62. The van der Waals surface area contributed by atoms with E-state index in [4.69, 9.17) is 4.42 Å². The van der Waals surface area contributed by atoms with Crippen LogP contribution in [0.25, 0.3) is 87.3 Å². The van der Waals surface area contributed by atoms with Crippen molar-refractivity contribution in [1.82, 2.24) is 0 Å². The summed E-state index contributed by atoms with van der Waals surface area (Å²) in [6, 6.07) is 72.2. The smallest absolute Gasteiger partial charge is 0.137 e. The van der Waals surface area contributed by atoms with Crippen molar-refractivity contribution in [2.45, 2.75) is 0 Å². The van der Waals surface area contributed by atoms with E-state index in [9.17, 15) is 0 Å². The first-order valence-corrected chi connectivity index (χ1v) is 18.5. The summed E-state index contributed by atoms with van der Waals surface area (Å²) in [5.41, 5.74) is 9.76. The maximum Gasteiger partial charge on any atom is 0.137 e. The zero-order valence-electron chi connectivity index (χ0n) is 29.4. The van der Waals surface area contributed by atoms with Gasteiger partial charge in [-0.3, -0.25) is 0 Å². The van der Waals surface area contributed by atoms with Crippen molar-refractivity contribution >= 4 is 82.1 Å². The molecule has 0 atom stereocenters. The van der Waals surface area contributed by atoms with E-state index in [2.05, 4.69) is 193 Å². The van der Waals surface area contributed by atoms with Crippen molar-refractivity contribution in [2.75, 3.05) is 4.90 Å². The molecule has 54 heavy (non-hydrogen) atoms. The molecule has 1 heterocycles. The van der Waals surface area contributed by atoms with Gasteiger partial charge in [-0.2, -0.15) is 0 Å². The van der Waals surface area contributed by atoms with Crippen LogP contribution < -0.4 is 4.90 Å². The predicted molar refractivity (Wildman–Crippen MR) is 229 cm³/mol. The second-order valence-corrected chi connectivity index (χ2v) is 14.1. The molecule has 0 amide bonds. The van der Waals surface area contributed by atoms with Crippen LogP contribution >= 0.6 is 0 Å². The average molecular weight is 688 g/mol. The summed E-state index contributed by atoms with van der Waals surface area (Å²) in [5, 5.41) is 12.5. The minimum atomic E-state index is 0.875. The highest BCUT2D eigenvalue weighted by Gasteiger charge is 2.17. The molecule has 10 aromatic carbocycles. The Hall–Kier alpha value is -7.16. The zero-order chi connectivity index (χ0) is 35.6. The molecule has 0 radical (unpaired) electrons. The lowest BCUT2D eigenvalue weighted by atomic mass is 9.90. The van der Waals surface area contributed by atoms with Gasteiger partial charge in [-0.05, 0) is 108 Å². The molecule has 0 aliphatic carbocycles. The van der Waals surface area contributed by atoms with Gasteiger partial charge in [0.05, 0.1) is 0 Å². The Kier molecular flexibility index (Phi) is 6.90. The number of nitrogens with zero attached hydrogens (tertiary/aromatic N) is 1. The van der Waals surface area contributed by atoms with E-state index in [1.807, 2.05) is 12.1 Å². The first-order valence-electron chi connectivity index (χ1n) is 18.5. The van der Waals surface area contributed by atoms with Crippen molar-refractivity contribution in [3.8, 4) is 22.3 Å². The predicted octanol–water partition coefficient (Wildman–Crippen LogP) is 15.0. The van der Waals surface area contributed by atoms with Crippen molar-refractivity contribution in [3.63, 3.8) is 0 Å². The summed E-state index contributed by atoms with van der Waals surface area (Å²) in [6.07, 6.45) is 0. The van der Waals surface area contributed by atoms with Gasteiger partial charge in [0.1, 0.15) is 11.2 Å². The van der Waals surface area contributed by atoms with Gasteiger partial charge in [0, 0.05) is 33.9 Å². The monoisotopic (exact) mass is 687 g/mol. The molecule has 0 aliphatic rings. The quantitative estimate of drug-likeness (QED) is 0.168. The molecule has 0 bridgehead atoms. The molecule has 0 saturated carbocycles. The lowest BCUT2D eigenvalue weighted by Gasteiger charge is -2.26. The van der Waals surface area contributed by atoms with Gasteiger partial charge in [0.15, 0.2) is 0 Å². The Morgan fingerprint density at radius 3 is 1.61 bits per heavy atom. The van der Waals surface area contributed by atoms with Gasteiger partial charge in [0.25, 0.3) is 0 Å². The number of fused-ring (bicyclic) bond motifs is 10. The van der Waals surface area contributed by atoms with Crippen LogP contribution in [-0.2, 0) is 0 Å². The molecule has 11 rings (SSSR count). The molecule has 0 fully saturated rings. The van der Waals surface area contributed by atoms with E-state index >= 15 is 0 Å². The molecule has 0 saturated heterocycles. The molecular weight excluding hydrogens is 655 g/mol. The molecule has 2 nitrogen and oxygen atoms in total. The molecule has 252 valence electrons. The van der Waals surface area contributed by atoms with Crippen molar-refractivity contribution < 1.29 is 4.42 Å². The second-order valence-electron chi connectivity index (χ2n) is 14.1. The number of hydrogen-bond donors (Lipinski definition) is 0. The number of anilines is 3. The molecular formula is C52H33NO. The minimum Gasteiger partial charge on any atom is -0.456 e. The Labute approximate surface area is 312 Å². The third kappa shape index (κ3) is 4.88. The zero-order valence-corrected chi connectivity index (χ0v) is 29.4. The van der Waals surface area contributed by atoms with E-state index in [1.165, 1.54) is 65.3 Å². The Bertz CT molecular complexity index is 3190. The summed E-state index contributed by atoms with van der Waals surface area (Å²) in [6.45, 7) is 0. The van der Waals surface area contributed by atoms with E-state index in [1.54, 1.807) is 0 Å². The standard InChI is InChI=1S/C52H33NO/c1-2-9-34(10-3-1)35-21-26-40(27-22-35)53(42-30-32-47-46-13-6-7-16-49(46)54-50(47)33-42)41-28-23-37(24-29-41)43-14-8-15-48-45(43)31-25-39-20-19-38-18-17-36-11-4-5-12-44(36)51(38)52(39)48/h1-33H. The maximum atomic E-state index is 6.36. The maximum absolute atomic E-state index is 6.36. The van der Waals surface area contributed by atoms with Gasteiger partial charge in [-0.25, -0.2) is 0 Å². The first-order chi connectivity index (χ1) is 26.8. The van der Waals surface area contributed by atoms with Gasteiger partial charge in [-0.1, -0.05) is 152 Å². The number of benzene rings is 10. The molecule has 11 aromatic rings. The van der Waals surface area contributed by atoms with Crippen LogP contribution in [0.2, 0.25) is 0 Å². The van der Waals surface area contributed by atoms with Crippen LogP contribution in [0.1, 0.15) is 0 Å². The highest BCUT2D eigenvalue weighted by atomic mass is 16.3. The summed E-state index contributed by atoms with van der Waals surface area (Å²) >= 11 is 0. The van der Waals surface area contributed by atoms with E-state index in [0.717, 1.165) is 39.0 Å². The van der Waals surface area contributed by atoms with Crippen LogP contribution in [0.15, 0.2) is 205 Å². The van der Waals surface area contributed by atoms with Crippen LogP contribution in [0.4, 0.5) is 17.1 Å². The van der Waals surface area contributed by atoms with Crippen LogP contribution in [0, 0.1) is 0 Å². The van der Waals surface area contributed by atoms with E-state index in [0.29, 0.717) is 0 Å². The third-order valence-corrected chi connectivity index (χ3v) is 11.0. The Morgan fingerprint density at radius 1 is 0.296 bits per heavy atom. The Morgan fingerprint density at radius 2 is 0.833 bits per heavy atom. The minimum absolute atomic E-state index is 0.875. The van der Waals surface area contributed by atoms with Gasteiger partial charge in [-0.15, -0.1) is 0 Å². The van der Waals surface area contributed by atoms with Crippen LogP contribution in [0.5, 0.6) is 0 Å². The Balaban J connectivity index is 1.05. The number of rotatable bonds is 5. The fraction of sp³-hybridized carbons (Fsp3) is 0. The lowest BCUT2D eigenvalue weighted by molar-refractivity contribution is 0.669. The number of para-hydroxylation sites is 1. The first kappa shape index (κ1) is 30.5. The van der Waals surface area contributed by atoms with E-state index in [-0.39, 0.29) is 0 Å². The molecule has 0 unspecified atom stereocenters. The van der Waals surface area contributed by atoms with Crippen molar-refractivity contribution in [1.29, 1.82) is 0 Å². The van der Waals surface area contributed by atoms with Crippen LogP contribution in [0.3, 0.4) is 0 Å². The molecule has 0 spiro atoms. The number of furan rings is 1. The molecule has 1 aromatic heterocycles. The van der Waals surface area contributed by atoms with Crippen LogP contribution in [-0.4, -0.2) is 0 Å². The fourth-order valence-corrected chi connectivity index (χ4v) is 8.45. The topological polar surface area (TPSA) is 16.4 Å². The summed E-state index contributed by atoms with van der Waals surface area (Å²) in [7, 11) is 0. The lowest BCUT2D eigenvalue weighted by Crippen LogP contribution is -2.09. The highest BCUT2D eigenvalue weighted by molar-refractivity contribution is 6.28. The molecule has 2 heteroatoms. The third-order valence-electron chi connectivity index (χ3n) is 11.0. The number of hydrogen-bond acceptors (Lipinski definition) is 2. The molecule has 0 N–H and O–H groups in total. The van der Waals surface area contributed by atoms with Gasteiger partial charge >= 0.3 is 0 Å². The fourth-order valence-electron chi connectivity index (χ4n) is 8.45. The summed E-state index contributed by atoms with van der Waals surface area (Å²) in [4.78, 5) is 2.32. The molecule has 0 aliphatic heterocycles. The van der Waals surface area contributed by atoms with E-state index < -0.39 is 0 Å². The van der Waals surface area contributed by atoms with Gasteiger partial charge in [0.2, 0.25) is 0 Å². The van der Waals surface area contributed by atoms with Crippen molar-refractivity contribution in [3.05, 3.63) is 200 Å². The van der Waals surface area contributed by atoms with Gasteiger partial charge < -0.3 is 9.32 Å². The normalized spacial score (nSPS) is 11.7. The summed E-state index contributed by atoms with van der Waals surface area (Å²) < 4.78 is 6.36. The SMILES string of the molecule is c1ccc(-c2ccc(N(c3ccc(-c4cccc5c4ccc4ccc6ccc7ccccc7c6c45)cc3)c3ccc4c(c3)oc3ccccc34)cc2)cc1. The highest BCUT2D eigenvalue weighted by Crippen LogP contribution is 2.42. The summed E-state index contributed by atoms with van der Waals surface area (Å²) in [5.74, 6) is 0. The van der Waals surface area contributed by atoms with Crippen molar-refractivity contribution in [2.24, 2.45) is 0 Å². The second kappa shape index (κ2) is 12.2.